The van der Waals surface area contributed by atoms with E-state index in [1.807, 2.05) is 9.80 Å². The maximum absolute atomic E-state index is 12.4. The minimum Gasteiger partial charge on any atom is -0.342 e. The van der Waals surface area contributed by atoms with Gasteiger partial charge in [0.2, 0.25) is 11.8 Å². The van der Waals surface area contributed by atoms with Crippen LogP contribution in [0, 0.1) is 5.92 Å². The fourth-order valence-electron chi connectivity index (χ4n) is 3.32. The Morgan fingerprint density at radius 3 is 2.39 bits per heavy atom. The summed E-state index contributed by atoms with van der Waals surface area (Å²) in [5, 5.41) is 0. The van der Waals surface area contributed by atoms with Gasteiger partial charge in [-0.1, -0.05) is 0 Å². The lowest BCUT2D eigenvalue weighted by molar-refractivity contribution is -0.136. The first kappa shape index (κ1) is 12.0. The summed E-state index contributed by atoms with van der Waals surface area (Å²) in [6, 6.07) is 0.441. The summed E-state index contributed by atoms with van der Waals surface area (Å²) in [6.07, 6.45) is 7.44. The van der Waals surface area contributed by atoms with E-state index in [2.05, 4.69) is 0 Å². The SMILES string of the molecule is O=C(C1CC(=O)N(C2CCC2)C1)N1CCCCC1. The number of nitrogens with zero attached hydrogens (tertiary/aromatic N) is 2. The zero-order chi connectivity index (χ0) is 12.5. The fraction of sp³-hybridized carbons (Fsp3) is 0.857. The molecule has 0 aromatic heterocycles. The Kier molecular flexibility index (Phi) is 3.27. The third kappa shape index (κ3) is 2.13. The Morgan fingerprint density at radius 1 is 1.06 bits per heavy atom. The molecule has 18 heavy (non-hydrogen) atoms. The van der Waals surface area contributed by atoms with Crippen LogP contribution in [0.25, 0.3) is 0 Å². The zero-order valence-corrected chi connectivity index (χ0v) is 10.9. The summed E-state index contributed by atoms with van der Waals surface area (Å²) < 4.78 is 0. The number of likely N-dealkylation sites (tertiary alicyclic amines) is 2. The highest BCUT2D eigenvalue weighted by Gasteiger charge is 2.40. The number of hydrogen-bond acceptors (Lipinski definition) is 2. The van der Waals surface area contributed by atoms with E-state index in [1.165, 1.54) is 12.8 Å². The topological polar surface area (TPSA) is 40.6 Å². The molecule has 0 spiro atoms. The van der Waals surface area contributed by atoms with Crippen LogP contribution >= 0.6 is 0 Å². The second-order valence-corrected chi connectivity index (χ2v) is 5.92. The molecule has 3 fully saturated rings. The highest BCUT2D eigenvalue weighted by Crippen LogP contribution is 2.31. The Balaban J connectivity index is 1.59. The molecule has 1 atom stereocenters. The Morgan fingerprint density at radius 2 is 1.78 bits per heavy atom. The Hall–Kier alpha value is -1.06. The normalized spacial score (nSPS) is 29.6. The molecular weight excluding hydrogens is 228 g/mol. The van der Waals surface area contributed by atoms with Gasteiger partial charge in [0.25, 0.3) is 0 Å². The number of hydrogen-bond donors (Lipinski definition) is 0. The molecule has 0 aromatic rings. The molecule has 4 nitrogen and oxygen atoms in total. The lowest BCUT2D eigenvalue weighted by atomic mass is 9.92. The van der Waals surface area contributed by atoms with Crippen molar-refractivity contribution in [3.05, 3.63) is 0 Å². The van der Waals surface area contributed by atoms with E-state index in [0.717, 1.165) is 38.8 Å². The van der Waals surface area contributed by atoms with Crippen molar-refractivity contribution >= 4 is 11.8 Å². The van der Waals surface area contributed by atoms with Gasteiger partial charge in [-0.15, -0.1) is 0 Å². The summed E-state index contributed by atoms with van der Waals surface area (Å²) in [5.74, 6) is 0.371. The largest absolute Gasteiger partial charge is 0.342 e. The molecule has 1 aliphatic carbocycles. The Bertz CT molecular complexity index is 346. The van der Waals surface area contributed by atoms with Crippen LogP contribution in [0.2, 0.25) is 0 Å². The maximum atomic E-state index is 12.4. The van der Waals surface area contributed by atoms with Crippen LogP contribution in [-0.4, -0.2) is 47.3 Å². The molecule has 2 aliphatic heterocycles. The first-order chi connectivity index (χ1) is 8.75. The van der Waals surface area contributed by atoms with Gasteiger partial charge < -0.3 is 9.80 Å². The predicted molar refractivity (Wildman–Crippen MR) is 67.9 cm³/mol. The highest BCUT2D eigenvalue weighted by atomic mass is 16.2. The van der Waals surface area contributed by atoms with Gasteiger partial charge in [-0.25, -0.2) is 0 Å². The maximum Gasteiger partial charge on any atom is 0.227 e. The summed E-state index contributed by atoms with van der Waals surface area (Å²) >= 11 is 0. The summed E-state index contributed by atoms with van der Waals surface area (Å²) in [7, 11) is 0. The minimum absolute atomic E-state index is 0.0591. The third-order valence-corrected chi connectivity index (χ3v) is 4.69. The van der Waals surface area contributed by atoms with Crippen LogP contribution in [0.15, 0.2) is 0 Å². The highest BCUT2D eigenvalue weighted by molar-refractivity contribution is 5.89. The van der Waals surface area contributed by atoms with E-state index in [1.54, 1.807) is 0 Å². The molecule has 0 radical (unpaired) electrons. The summed E-state index contributed by atoms with van der Waals surface area (Å²) in [6.45, 7) is 2.47. The summed E-state index contributed by atoms with van der Waals surface area (Å²) in [4.78, 5) is 28.3. The van der Waals surface area contributed by atoms with Crippen molar-refractivity contribution in [2.24, 2.45) is 5.92 Å². The third-order valence-electron chi connectivity index (χ3n) is 4.69. The van der Waals surface area contributed by atoms with Gasteiger partial charge in [0, 0.05) is 32.1 Å². The van der Waals surface area contributed by atoms with Crippen molar-refractivity contribution in [1.29, 1.82) is 0 Å². The average Bonchev–Trinajstić information content (AvgIpc) is 2.70. The minimum atomic E-state index is -0.0591. The predicted octanol–water partition coefficient (Wildman–Crippen LogP) is 1.40. The molecule has 1 unspecified atom stereocenters. The van der Waals surface area contributed by atoms with E-state index < -0.39 is 0 Å². The zero-order valence-electron chi connectivity index (χ0n) is 10.9. The molecule has 0 N–H and O–H groups in total. The Labute approximate surface area is 108 Å². The van der Waals surface area contributed by atoms with Gasteiger partial charge in [0.05, 0.1) is 5.92 Å². The molecule has 2 saturated heterocycles. The van der Waals surface area contributed by atoms with E-state index in [9.17, 15) is 9.59 Å². The van der Waals surface area contributed by atoms with Gasteiger partial charge in [-0.05, 0) is 38.5 Å². The van der Waals surface area contributed by atoms with Gasteiger partial charge in [0.15, 0.2) is 0 Å². The lowest BCUT2D eigenvalue weighted by Crippen LogP contribution is -2.43. The van der Waals surface area contributed by atoms with Crippen LogP contribution in [0.3, 0.4) is 0 Å². The van der Waals surface area contributed by atoms with Crippen molar-refractivity contribution in [2.75, 3.05) is 19.6 Å². The number of piperidine rings is 1. The number of rotatable bonds is 2. The van der Waals surface area contributed by atoms with Crippen LogP contribution in [-0.2, 0) is 9.59 Å². The molecule has 4 heteroatoms. The molecule has 2 amide bonds. The number of carbonyl (C=O) groups is 2. The lowest BCUT2D eigenvalue weighted by Gasteiger charge is -2.35. The molecule has 2 heterocycles. The van der Waals surface area contributed by atoms with Crippen LogP contribution < -0.4 is 0 Å². The molecule has 3 rings (SSSR count). The van der Waals surface area contributed by atoms with E-state index in [0.29, 0.717) is 19.0 Å². The van der Waals surface area contributed by atoms with E-state index >= 15 is 0 Å². The van der Waals surface area contributed by atoms with Gasteiger partial charge in [-0.2, -0.15) is 0 Å². The molecule has 0 bridgehead atoms. The van der Waals surface area contributed by atoms with Gasteiger partial charge in [0.1, 0.15) is 0 Å². The van der Waals surface area contributed by atoms with Crippen molar-refractivity contribution in [3.8, 4) is 0 Å². The van der Waals surface area contributed by atoms with E-state index in [4.69, 9.17) is 0 Å². The summed E-state index contributed by atoms with van der Waals surface area (Å²) in [5.41, 5.74) is 0. The van der Waals surface area contributed by atoms with Crippen molar-refractivity contribution in [1.82, 2.24) is 9.80 Å². The van der Waals surface area contributed by atoms with Crippen molar-refractivity contribution in [3.63, 3.8) is 0 Å². The van der Waals surface area contributed by atoms with Gasteiger partial charge >= 0.3 is 0 Å². The second-order valence-electron chi connectivity index (χ2n) is 5.92. The molecular formula is C14H22N2O2. The van der Waals surface area contributed by atoms with Crippen LogP contribution in [0.1, 0.15) is 44.9 Å². The first-order valence-corrected chi connectivity index (χ1v) is 7.34. The quantitative estimate of drug-likeness (QED) is 0.743. The fourth-order valence-corrected chi connectivity index (χ4v) is 3.32. The first-order valence-electron chi connectivity index (χ1n) is 7.34. The van der Waals surface area contributed by atoms with Crippen molar-refractivity contribution < 1.29 is 9.59 Å². The van der Waals surface area contributed by atoms with Crippen molar-refractivity contribution in [2.45, 2.75) is 51.0 Å². The van der Waals surface area contributed by atoms with E-state index in [-0.39, 0.29) is 17.7 Å². The van der Waals surface area contributed by atoms with Crippen LogP contribution in [0.4, 0.5) is 0 Å². The standard InChI is InChI=1S/C14H22N2O2/c17-13-9-11(10-16(13)12-5-4-6-12)14(18)15-7-2-1-3-8-15/h11-12H,1-10H2. The van der Waals surface area contributed by atoms with Crippen LogP contribution in [0.5, 0.6) is 0 Å². The smallest absolute Gasteiger partial charge is 0.227 e. The monoisotopic (exact) mass is 250 g/mol. The second kappa shape index (κ2) is 4.90. The average molecular weight is 250 g/mol. The van der Waals surface area contributed by atoms with Gasteiger partial charge in [-0.3, -0.25) is 9.59 Å². The molecule has 100 valence electrons. The number of carbonyl (C=O) groups excluding carboxylic acids is 2. The number of amides is 2. The molecule has 3 aliphatic rings. The molecule has 1 saturated carbocycles. The molecule has 0 aromatic carbocycles.